The van der Waals surface area contributed by atoms with E-state index in [-0.39, 0.29) is 5.82 Å². The maximum atomic E-state index is 13.5. The van der Waals surface area contributed by atoms with E-state index in [0.29, 0.717) is 10.9 Å². The van der Waals surface area contributed by atoms with E-state index in [1.165, 1.54) is 11.6 Å². The number of hydrogen-bond donors (Lipinski definition) is 1. The lowest BCUT2D eigenvalue weighted by atomic mass is 10.1. The van der Waals surface area contributed by atoms with Gasteiger partial charge in [0, 0.05) is 29.9 Å². The summed E-state index contributed by atoms with van der Waals surface area (Å²) in [4.78, 5) is 0.717. The quantitative estimate of drug-likeness (QED) is 0.796. The fraction of sp³-hybridized carbons (Fsp3) is 0.400. The fourth-order valence-corrected chi connectivity index (χ4v) is 3.10. The van der Waals surface area contributed by atoms with E-state index in [0.717, 1.165) is 18.6 Å². The van der Waals surface area contributed by atoms with Crippen molar-refractivity contribution in [3.05, 3.63) is 48.0 Å². The zero-order valence-electron chi connectivity index (χ0n) is 11.8. The summed E-state index contributed by atoms with van der Waals surface area (Å²) in [6, 6.07) is 7.28. The largest absolute Gasteiger partial charge is 0.316 e. The van der Waals surface area contributed by atoms with Crippen LogP contribution >= 0.6 is 11.8 Å². The Kier molecular flexibility index (Phi) is 5.61. The molecule has 0 radical (unpaired) electrons. The van der Waals surface area contributed by atoms with Crippen molar-refractivity contribution >= 4 is 11.8 Å². The zero-order valence-corrected chi connectivity index (χ0v) is 12.7. The Balaban J connectivity index is 1.82. The molecular formula is C15H20FN3S. The highest BCUT2D eigenvalue weighted by atomic mass is 32.2. The second-order valence-corrected chi connectivity index (χ2v) is 5.85. The van der Waals surface area contributed by atoms with Crippen LogP contribution in [0.15, 0.2) is 41.6 Å². The Labute approximate surface area is 123 Å². The zero-order chi connectivity index (χ0) is 14.4. The molecule has 0 amide bonds. The lowest BCUT2D eigenvalue weighted by Gasteiger charge is -2.15. The first-order chi connectivity index (χ1) is 9.69. The number of thioether (sulfide) groups is 1. The molecule has 1 atom stereocenters. The maximum absolute atomic E-state index is 13.5. The van der Waals surface area contributed by atoms with Gasteiger partial charge in [-0.2, -0.15) is 5.10 Å². The van der Waals surface area contributed by atoms with Crippen LogP contribution in [0.3, 0.4) is 0 Å². The number of halogens is 1. The molecule has 1 aromatic carbocycles. The average molecular weight is 293 g/mol. The highest BCUT2D eigenvalue weighted by Gasteiger charge is 2.09. The van der Waals surface area contributed by atoms with Crippen molar-refractivity contribution < 1.29 is 4.39 Å². The van der Waals surface area contributed by atoms with E-state index >= 15 is 0 Å². The van der Waals surface area contributed by atoms with E-state index in [2.05, 4.69) is 10.4 Å². The predicted octanol–water partition coefficient (Wildman–Crippen LogP) is 2.87. The third kappa shape index (κ3) is 4.35. The summed E-state index contributed by atoms with van der Waals surface area (Å²) < 4.78 is 15.4. The summed E-state index contributed by atoms with van der Waals surface area (Å²) >= 11 is 1.56. The summed E-state index contributed by atoms with van der Waals surface area (Å²) in [5, 5.41) is 7.47. The highest BCUT2D eigenvalue weighted by molar-refractivity contribution is 7.99. The molecule has 0 saturated carbocycles. The van der Waals surface area contributed by atoms with E-state index in [9.17, 15) is 4.39 Å². The average Bonchev–Trinajstić information content (AvgIpc) is 2.86. The van der Waals surface area contributed by atoms with Gasteiger partial charge < -0.3 is 5.32 Å². The molecule has 108 valence electrons. The summed E-state index contributed by atoms with van der Waals surface area (Å²) in [6.45, 7) is 0. The minimum absolute atomic E-state index is 0.139. The Morgan fingerprint density at radius 3 is 2.85 bits per heavy atom. The molecule has 0 spiro atoms. The summed E-state index contributed by atoms with van der Waals surface area (Å²) in [5.74, 6) is 0.720. The minimum Gasteiger partial charge on any atom is -0.316 e. The molecule has 0 saturated heterocycles. The van der Waals surface area contributed by atoms with Crippen molar-refractivity contribution in [3.63, 3.8) is 0 Å². The molecule has 0 fully saturated rings. The van der Waals surface area contributed by atoms with Crippen LogP contribution in [-0.2, 0) is 13.5 Å². The standard InChI is InChI=1S/C15H20FN3S/c1-17-13(8-7-12-9-18-19(2)10-12)11-20-15-6-4-3-5-14(15)16/h3-6,9-10,13,17H,7-8,11H2,1-2H3. The van der Waals surface area contributed by atoms with Crippen LogP contribution in [0, 0.1) is 5.82 Å². The Morgan fingerprint density at radius 1 is 1.40 bits per heavy atom. The third-order valence-electron chi connectivity index (χ3n) is 3.22. The molecule has 1 N–H and O–H groups in total. The molecule has 2 aromatic rings. The van der Waals surface area contributed by atoms with Crippen molar-refractivity contribution in [3.8, 4) is 0 Å². The molecule has 1 aromatic heterocycles. The van der Waals surface area contributed by atoms with Crippen molar-refractivity contribution in [2.24, 2.45) is 7.05 Å². The lowest BCUT2D eigenvalue weighted by Crippen LogP contribution is -2.28. The number of nitrogens with one attached hydrogen (secondary N) is 1. The predicted molar refractivity (Wildman–Crippen MR) is 81.5 cm³/mol. The molecule has 0 aliphatic rings. The first-order valence-electron chi connectivity index (χ1n) is 6.71. The summed E-state index contributed by atoms with van der Waals surface area (Å²) in [5.41, 5.74) is 1.24. The van der Waals surface area contributed by atoms with Gasteiger partial charge in [0.1, 0.15) is 5.82 Å². The van der Waals surface area contributed by atoms with Gasteiger partial charge >= 0.3 is 0 Å². The first kappa shape index (κ1) is 15.1. The van der Waals surface area contributed by atoms with Crippen LogP contribution in [0.5, 0.6) is 0 Å². The highest BCUT2D eigenvalue weighted by Crippen LogP contribution is 2.22. The fourth-order valence-electron chi connectivity index (χ4n) is 2.01. The van der Waals surface area contributed by atoms with E-state index in [1.807, 2.05) is 43.3 Å². The molecule has 20 heavy (non-hydrogen) atoms. The van der Waals surface area contributed by atoms with Crippen LogP contribution in [0.4, 0.5) is 4.39 Å². The molecule has 2 rings (SSSR count). The van der Waals surface area contributed by atoms with Gasteiger partial charge in [-0.3, -0.25) is 4.68 Å². The van der Waals surface area contributed by atoms with E-state index in [1.54, 1.807) is 17.8 Å². The van der Waals surface area contributed by atoms with Gasteiger partial charge in [-0.05, 0) is 37.6 Å². The van der Waals surface area contributed by atoms with Crippen LogP contribution < -0.4 is 5.32 Å². The van der Waals surface area contributed by atoms with Gasteiger partial charge in [-0.1, -0.05) is 12.1 Å². The monoisotopic (exact) mass is 293 g/mol. The first-order valence-corrected chi connectivity index (χ1v) is 7.69. The molecule has 0 aliphatic heterocycles. The second kappa shape index (κ2) is 7.45. The van der Waals surface area contributed by atoms with E-state index in [4.69, 9.17) is 0 Å². The molecule has 3 nitrogen and oxygen atoms in total. The smallest absolute Gasteiger partial charge is 0.136 e. The Bertz CT molecular complexity index is 541. The van der Waals surface area contributed by atoms with Crippen LogP contribution in [-0.4, -0.2) is 28.6 Å². The van der Waals surface area contributed by atoms with Crippen molar-refractivity contribution in [2.45, 2.75) is 23.8 Å². The molecule has 1 unspecified atom stereocenters. The van der Waals surface area contributed by atoms with Gasteiger partial charge in [0.05, 0.1) is 6.20 Å². The number of aromatic nitrogens is 2. The lowest BCUT2D eigenvalue weighted by molar-refractivity contribution is 0.570. The topological polar surface area (TPSA) is 29.9 Å². The van der Waals surface area contributed by atoms with Gasteiger partial charge in [-0.25, -0.2) is 4.39 Å². The van der Waals surface area contributed by atoms with Gasteiger partial charge in [-0.15, -0.1) is 11.8 Å². The van der Waals surface area contributed by atoms with Gasteiger partial charge in [0.15, 0.2) is 0 Å². The number of nitrogens with zero attached hydrogens (tertiary/aromatic N) is 2. The Morgan fingerprint density at radius 2 is 2.20 bits per heavy atom. The number of benzene rings is 1. The maximum Gasteiger partial charge on any atom is 0.136 e. The van der Waals surface area contributed by atoms with Crippen LogP contribution in [0.1, 0.15) is 12.0 Å². The minimum atomic E-state index is -0.139. The third-order valence-corrected chi connectivity index (χ3v) is 4.44. The van der Waals surface area contributed by atoms with Crippen molar-refractivity contribution in [1.29, 1.82) is 0 Å². The number of hydrogen-bond acceptors (Lipinski definition) is 3. The Hall–Kier alpha value is -1.33. The summed E-state index contributed by atoms with van der Waals surface area (Å²) in [6.07, 6.45) is 5.94. The normalized spacial score (nSPS) is 12.6. The van der Waals surface area contributed by atoms with Crippen LogP contribution in [0.25, 0.3) is 0 Å². The molecule has 1 heterocycles. The number of rotatable bonds is 7. The molecule has 0 aliphatic carbocycles. The second-order valence-electron chi connectivity index (χ2n) is 4.79. The summed E-state index contributed by atoms with van der Waals surface area (Å²) in [7, 11) is 3.88. The molecular weight excluding hydrogens is 273 g/mol. The molecule has 0 bridgehead atoms. The number of aryl methyl sites for hydroxylation is 2. The van der Waals surface area contributed by atoms with E-state index < -0.39 is 0 Å². The van der Waals surface area contributed by atoms with Crippen molar-refractivity contribution in [2.75, 3.05) is 12.8 Å². The molecule has 5 heteroatoms. The van der Waals surface area contributed by atoms with Crippen LogP contribution in [0.2, 0.25) is 0 Å². The van der Waals surface area contributed by atoms with Gasteiger partial charge in [0.2, 0.25) is 0 Å². The van der Waals surface area contributed by atoms with Crippen molar-refractivity contribution in [1.82, 2.24) is 15.1 Å². The SMILES string of the molecule is CNC(CCc1cnn(C)c1)CSc1ccccc1F. The van der Waals surface area contributed by atoms with Gasteiger partial charge in [0.25, 0.3) is 0 Å².